The molecule has 0 bridgehead atoms. The van der Waals surface area contributed by atoms with Crippen LogP contribution in [0.3, 0.4) is 0 Å². The van der Waals surface area contributed by atoms with E-state index in [0.29, 0.717) is 0 Å². The second-order valence-corrected chi connectivity index (χ2v) is 4.74. The summed E-state index contributed by atoms with van der Waals surface area (Å²) < 4.78 is 0. The Morgan fingerprint density at radius 3 is 2.41 bits per heavy atom. The van der Waals surface area contributed by atoms with Crippen molar-refractivity contribution >= 4 is 11.8 Å². The quantitative estimate of drug-likeness (QED) is 0.843. The maximum Gasteiger partial charge on any atom is 0.0960 e. The van der Waals surface area contributed by atoms with Gasteiger partial charge in [0.2, 0.25) is 0 Å². The smallest absolute Gasteiger partial charge is 0.0960 e. The Hall–Kier alpha value is -1.32. The lowest BCUT2D eigenvalue weighted by Crippen LogP contribution is -2.13. The predicted molar refractivity (Wildman–Crippen MR) is 73.2 cm³/mol. The molecule has 0 aliphatic carbocycles. The molecule has 1 heterocycles. The number of nitrogens with two attached hydrogens (primary N) is 1. The number of thioether (sulfide) groups is 1. The van der Waals surface area contributed by atoms with Crippen molar-refractivity contribution in [3.05, 3.63) is 59.3 Å². The molecule has 1 aromatic heterocycles. The molecule has 0 saturated heterocycles. The van der Waals surface area contributed by atoms with Crippen LogP contribution in [0.2, 0.25) is 0 Å². The highest BCUT2D eigenvalue weighted by Crippen LogP contribution is 2.23. The molecule has 0 aliphatic heterocycles. The molecule has 1 atom stereocenters. The molecule has 17 heavy (non-hydrogen) atoms. The zero-order valence-electron chi connectivity index (χ0n) is 10.1. The number of hydrogen-bond acceptors (Lipinski definition) is 3. The van der Waals surface area contributed by atoms with Gasteiger partial charge < -0.3 is 5.73 Å². The fourth-order valence-electron chi connectivity index (χ4n) is 1.83. The average molecular weight is 244 g/mol. The van der Waals surface area contributed by atoms with Gasteiger partial charge in [-0.2, -0.15) is 0 Å². The van der Waals surface area contributed by atoms with Gasteiger partial charge in [0.15, 0.2) is 0 Å². The molecule has 2 rings (SSSR count). The van der Waals surface area contributed by atoms with Gasteiger partial charge in [0.25, 0.3) is 0 Å². The minimum Gasteiger partial charge on any atom is -0.320 e. The van der Waals surface area contributed by atoms with Gasteiger partial charge in [-0.1, -0.05) is 36.4 Å². The minimum absolute atomic E-state index is 0.0976. The van der Waals surface area contributed by atoms with E-state index in [-0.39, 0.29) is 6.04 Å². The van der Waals surface area contributed by atoms with Crippen LogP contribution in [0.4, 0.5) is 0 Å². The van der Waals surface area contributed by atoms with Gasteiger partial charge in [0, 0.05) is 5.69 Å². The third-order valence-electron chi connectivity index (χ3n) is 2.80. The summed E-state index contributed by atoms with van der Waals surface area (Å²) in [6.45, 7) is 2.01. The summed E-state index contributed by atoms with van der Waals surface area (Å²) in [4.78, 5) is 4.52. The monoisotopic (exact) mass is 244 g/mol. The van der Waals surface area contributed by atoms with Crippen molar-refractivity contribution in [1.29, 1.82) is 0 Å². The van der Waals surface area contributed by atoms with Crippen LogP contribution in [0.25, 0.3) is 0 Å². The molecule has 3 heteroatoms. The average Bonchev–Trinajstić information content (AvgIpc) is 2.39. The number of rotatable bonds is 3. The fraction of sp³-hybridized carbons (Fsp3) is 0.214. The number of nitrogens with zero attached hydrogens (tertiary/aromatic N) is 1. The minimum atomic E-state index is -0.0976. The Bertz CT molecular complexity index is 497. The number of aryl methyl sites for hydroxylation is 1. The summed E-state index contributed by atoms with van der Waals surface area (Å²) >= 11 is 1.65. The van der Waals surface area contributed by atoms with Crippen LogP contribution in [0.5, 0.6) is 0 Å². The molecule has 0 saturated carbocycles. The van der Waals surface area contributed by atoms with Gasteiger partial charge in [-0.15, -0.1) is 11.8 Å². The SMILES string of the molecule is CSc1ccc(C(N)c2ccccc2)c(C)n1. The molecule has 1 aromatic carbocycles. The third-order valence-corrected chi connectivity index (χ3v) is 3.45. The highest BCUT2D eigenvalue weighted by molar-refractivity contribution is 7.98. The number of hydrogen-bond donors (Lipinski definition) is 1. The Balaban J connectivity index is 2.34. The van der Waals surface area contributed by atoms with Crippen molar-refractivity contribution in [2.24, 2.45) is 5.73 Å². The van der Waals surface area contributed by atoms with Gasteiger partial charge >= 0.3 is 0 Å². The Labute approximate surface area is 106 Å². The highest BCUT2D eigenvalue weighted by Gasteiger charge is 2.12. The first kappa shape index (κ1) is 12.1. The van der Waals surface area contributed by atoms with Gasteiger partial charge in [-0.05, 0) is 30.4 Å². The first-order chi connectivity index (χ1) is 8.22. The molecule has 2 nitrogen and oxygen atoms in total. The molecule has 0 fully saturated rings. The van der Waals surface area contributed by atoms with Crippen LogP contribution in [0.15, 0.2) is 47.5 Å². The molecule has 88 valence electrons. The van der Waals surface area contributed by atoms with E-state index in [1.165, 1.54) is 0 Å². The van der Waals surface area contributed by atoms with E-state index in [1.807, 2.05) is 49.6 Å². The van der Waals surface area contributed by atoms with E-state index in [9.17, 15) is 0 Å². The Morgan fingerprint density at radius 2 is 1.82 bits per heavy atom. The zero-order valence-corrected chi connectivity index (χ0v) is 10.9. The zero-order chi connectivity index (χ0) is 12.3. The van der Waals surface area contributed by atoms with E-state index in [0.717, 1.165) is 21.8 Å². The Kier molecular flexibility index (Phi) is 3.82. The topological polar surface area (TPSA) is 38.9 Å². The summed E-state index contributed by atoms with van der Waals surface area (Å²) in [5.74, 6) is 0. The van der Waals surface area contributed by atoms with Crippen molar-refractivity contribution in [3.8, 4) is 0 Å². The second-order valence-electron chi connectivity index (χ2n) is 3.92. The van der Waals surface area contributed by atoms with Crippen molar-refractivity contribution in [2.75, 3.05) is 6.26 Å². The molecule has 0 radical (unpaired) electrons. The summed E-state index contributed by atoms with van der Waals surface area (Å²) in [7, 11) is 0. The van der Waals surface area contributed by atoms with Crippen LogP contribution in [0, 0.1) is 6.92 Å². The van der Waals surface area contributed by atoms with Gasteiger partial charge in [0.1, 0.15) is 0 Å². The lowest BCUT2D eigenvalue weighted by molar-refractivity contribution is 0.837. The lowest BCUT2D eigenvalue weighted by Gasteiger charge is -2.15. The van der Waals surface area contributed by atoms with Crippen molar-refractivity contribution in [3.63, 3.8) is 0 Å². The molecule has 2 aromatic rings. The third kappa shape index (κ3) is 2.68. The molecular weight excluding hydrogens is 228 g/mol. The van der Waals surface area contributed by atoms with Crippen molar-refractivity contribution < 1.29 is 0 Å². The largest absolute Gasteiger partial charge is 0.320 e. The van der Waals surface area contributed by atoms with E-state index in [2.05, 4.69) is 11.1 Å². The molecule has 0 spiro atoms. The second kappa shape index (κ2) is 5.34. The van der Waals surface area contributed by atoms with Crippen LogP contribution >= 0.6 is 11.8 Å². The van der Waals surface area contributed by atoms with Crippen LogP contribution in [-0.4, -0.2) is 11.2 Å². The maximum atomic E-state index is 6.26. The molecular formula is C14H16N2S. The van der Waals surface area contributed by atoms with E-state index >= 15 is 0 Å². The molecule has 1 unspecified atom stereocenters. The predicted octanol–water partition coefficient (Wildman–Crippen LogP) is 3.16. The van der Waals surface area contributed by atoms with E-state index < -0.39 is 0 Å². The van der Waals surface area contributed by atoms with Crippen LogP contribution in [0.1, 0.15) is 22.9 Å². The normalized spacial score (nSPS) is 12.4. The number of benzene rings is 1. The lowest BCUT2D eigenvalue weighted by atomic mass is 9.99. The van der Waals surface area contributed by atoms with Crippen molar-refractivity contribution in [2.45, 2.75) is 18.0 Å². The first-order valence-electron chi connectivity index (χ1n) is 5.54. The summed E-state index contributed by atoms with van der Waals surface area (Å²) in [5, 5.41) is 1.03. The maximum absolute atomic E-state index is 6.26. The van der Waals surface area contributed by atoms with E-state index in [1.54, 1.807) is 11.8 Å². The summed E-state index contributed by atoms with van der Waals surface area (Å²) in [5.41, 5.74) is 9.48. The Morgan fingerprint density at radius 1 is 1.12 bits per heavy atom. The molecule has 0 aliphatic rings. The van der Waals surface area contributed by atoms with E-state index in [4.69, 9.17) is 5.73 Å². The highest BCUT2D eigenvalue weighted by atomic mass is 32.2. The standard InChI is InChI=1S/C14H16N2S/c1-10-12(8-9-13(16-10)17-2)14(15)11-6-4-3-5-7-11/h3-9,14H,15H2,1-2H3. The summed E-state index contributed by atoms with van der Waals surface area (Å²) in [6.07, 6.45) is 2.03. The number of pyridine rings is 1. The van der Waals surface area contributed by atoms with Crippen LogP contribution in [-0.2, 0) is 0 Å². The van der Waals surface area contributed by atoms with Gasteiger partial charge in [-0.25, -0.2) is 4.98 Å². The molecule has 2 N–H and O–H groups in total. The molecule has 0 amide bonds. The van der Waals surface area contributed by atoms with Crippen LogP contribution < -0.4 is 5.73 Å². The van der Waals surface area contributed by atoms with Crippen molar-refractivity contribution in [1.82, 2.24) is 4.98 Å². The summed E-state index contributed by atoms with van der Waals surface area (Å²) in [6, 6.07) is 14.1. The van der Waals surface area contributed by atoms with Gasteiger partial charge in [-0.3, -0.25) is 0 Å². The van der Waals surface area contributed by atoms with Gasteiger partial charge in [0.05, 0.1) is 11.1 Å². The number of aromatic nitrogens is 1. The first-order valence-corrected chi connectivity index (χ1v) is 6.77. The fourth-order valence-corrected chi connectivity index (χ4v) is 2.26.